The van der Waals surface area contributed by atoms with Gasteiger partial charge in [-0.3, -0.25) is 9.59 Å². The third kappa shape index (κ3) is 7.70. The van der Waals surface area contributed by atoms with E-state index in [9.17, 15) is 14.4 Å². The summed E-state index contributed by atoms with van der Waals surface area (Å²) in [6, 6.07) is 14.8. The third-order valence-corrected chi connectivity index (χ3v) is 6.15. The van der Waals surface area contributed by atoms with E-state index < -0.39 is 6.04 Å². The first kappa shape index (κ1) is 26.0. The van der Waals surface area contributed by atoms with E-state index in [0.29, 0.717) is 19.4 Å². The van der Waals surface area contributed by atoms with Crippen LogP contribution < -0.4 is 15.4 Å². The maximum atomic E-state index is 13.0. The molecule has 35 heavy (non-hydrogen) atoms. The van der Waals surface area contributed by atoms with Crippen molar-refractivity contribution in [1.29, 1.82) is 0 Å². The topological polar surface area (TPSA) is 100 Å². The van der Waals surface area contributed by atoms with Crippen LogP contribution in [-0.4, -0.2) is 35.7 Å². The Balaban J connectivity index is 1.66. The first-order valence-corrected chi connectivity index (χ1v) is 12.1. The molecule has 0 saturated carbocycles. The van der Waals surface area contributed by atoms with Gasteiger partial charge in [-0.2, -0.15) is 0 Å². The molecule has 3 N–H and O–H groups in total. The highest BCUT2D eigenvalue weighted by atomic mass is 16.5. The standard InChI is InChI=1S/C28H35N3O4/c1-19(32)10-6-4-9-13-26(28(34)29-18-21-11-7-5-8-12-21)31-27(33)17-23-20(2)30-25-15-14-22(35-3)16-24(23)25/h5,7-8,11-12,14-16,26,30H,4,6,9-10,13,17-18H2,1-3H3,(H,29,34)(H,31,33). The molecular weight excluding hydrogens is 442 g/mol. The number of unbranched alkanes of at least 4 members (excludes halogenated alkanes) is 2. The summed E-state index contributed by atoms with van der Waals surface area (Å²) < 4.78 is 5.34. The molecular formula is C28H35N3O4. The predicted molar refractivity (Wildman–Crippen MR) is 137 cm³/mol. The van der Waals surface area contributed by atoms with Crippen molar-refractivity contribution in [3.8, 4) is 5.75 Å². The lowest BCUT2D eigenvalue weighted by Gasteiger charge is -2.19. The van der Waals surface area contributed by atoms with Crippen LogP contribution in [-0.2, 0) is 27.3 Å². The molecule has 186 valence electrons. The Morgan fingerprint density at radius 2 is 1.80 bits per heavy atom. The Bertz CT molecular complexity index is 1150. The maximum Gasteiger partial charge on any atom is 0.242 e. The summed E-state index contributed by atoms with van der Waals surface area (Å²) in [5.74, 6) is 0.481. The fourth-order valence-electron chi connectivity index (χ4n) is 4.20. The molecule has 1 unspecified atom stereocenters. The highest BCUT2D eigenvalue weighted by molar-refractivity contribution is 5.93. The van der Waals surface area contributed by atoms with Gasteiger partial charge in [0.25, 0.3) is 0 Å². The number of aromatic amines is 1. The number of methoxy groups -OCH3 is 1. The SMILES string of the molecule is COc1ccc2[nH]c(C)c(CC(=O)NC(CCCCCC(C)=O)C(=O)NCc3ccccc3)c2c1. The molecule has 3 aromatic rings. The van der Waals surface area contributed by atoms with Crippen LogP contribution in [0.15, 0.2) is 48.5 Å². The largest absolute Gasteiger partial charge is 0.497 e. The molecule has 0 bridgehead atoms. The van der Waals surface area contributed by atoms with E-state index in [4.69, 9.17) is 4.74 Å². The molecule has 0 radical (unpaired) electrons. The molecule has 0 saturated heterocycles. The van der Waals surface area contributed by atoms with E-state index in [1.165, 1.54) is 0 Å². The van der Waals surface area contributed by atoms with Crippen molar-refractivity contribution in [1.82, 2.24) is 15.6 Å². The first-order valence-electron chi connectivity index (χ1n) is 12.1. The summed E-state index contributed by atoms with van der Waals surface area (Å²) in [7, 11) is 1.61. The summed E-state index contributed by atoms with van der Waals surface area (Å²) in [5, 5.41) is 6.83. The number of H-pyrrole nitrogens is 1. The quantitative estimate of drug-likeness (QED) is 0.318. The van der Waals surface area contributed by atoms with Gasteiger partial charge >= 0.3 is 0 Å². The molecule has 0 aliphatic heterocycles. The number of carbonyl (C=O) groups excluding carboxylic acids is 3. The van der Waals surface area contributed by atoms with Gasteiger partial charge in [0, 0.05) is 29.6 Å². The number of amides is 2. The van der Waals surface area contributed by atoms with Gasteiger partial charge in [0.1, 0.15) is 17.6 Å². The van der Waals surface area contributed by atoms with Crippen molar-refractivity contribution in [2.24, 2.45) is 0 Å². The molecule has 0 spiro atoms. The van der Waals surface area contributed by atoms with Crippen molar-refractivity contribution in [3.63, 3.8) is 0 Å². The molecule has 0 aliphatic carbocycles. The molecule has 1 aromatic heterocycles. The lowest BCUT2D eigenvalue weighted by Crippen LogP contribution is -2.47. The third-order valence-electron chi connectivity index (χ3n) is 6.15. The number of rotatable bonds is 13. The molecule has 7 heteroatoms. The van der Waals surface area contributed by atoms with E-state index in [2.05, 4.69) is 15.6 Å². The smallest absolute Gasteiger partial charge is 0.242 e. The van der Waals surface area contributed by atoms with Crippen LogP contribution in [0, 0.1) is 6.92 Å². The Labute approximate surface area is 206 Å². The fourth-order valence-corrected chi connectivity index (χ4v) is 4.20. The highest BCUT2D eigenvalue weighted by Gasteiger charge is 2.22. The second kappa shape index (κ2) is 12.7. The molecule has 0 fully saturated rings. The summed E-state index contributed by atoms with van der Waals surface area (Å²) in [6.07, 6.45) is 3.59. The summed E-state index contributed by atoms with van der Waals surface area (Å²) in [5.41, 5.74) is 3.74. The number of aryl methyl sites for hydroxylation is 1. The lowest BCUT2D eigenvalue weighted by molar-refractivity contribution is -0.129. The zero-order valence-electron chi connectivity index (χ0n) is 20.8. The predicted octanol–water partition coefficient (Wildman–Crippen LogP) is 4.37. The number of Topliss-reactive ketones (excluding diaryl/α,β-unsaturated/α-hetero) is 1. The van der Waals surface area contributed by atoms with Crippen LogP contribution in [0.4, 0.5) is 0 Å². The van der Waals surface area contributed by atoms with E-state index in [1.54, 1.807) is 14.0 Å². The molecule has 7 nitrogen and oxygen atoms in total. The Morgan fingerprint density at radius 1 is 1.03 bits per heavy atom. The van der Waals surface area contributed by atoms with Crippen molar-refractivity contribution >= 4 is 28.5 Å². The number of carbonyl (C=O) groups is 3. The van der Waals surface area contributed by atoms with Crippen molar-refractivity contribution in [2.45, 2.75) is 65.0 Å². The van der Waals surface area contributed by atoms with Crippen molar-refractivity contribution in [2.75, 3.05) is 7.11 Å². The number of nitrogens with one attached hydrogen (secondary N) is 3. The summed E-state index contributed by atoms with van der Waals surface area (Å²) in [4.78, 5) is 40.5. The molecule has 2 amide bonds. The number of ketones is 1. The number of ether oxygens (including phenoxy) is 1. The van der Waals surface area contributed by atoms with Gasteiger partial charge < -0.3 is 25.1 Å². The van der Waals surface area contributed by atoms with Crippen molar-refractivity contribution < 1.29 is 19.1 Å². The number of benzene rings is 2. The minimum Gasteiger partial charge on any atom is -0.497 e. The van der Waals surface area contributed by atoms with Crippen LogP contribution in [0.5, 0.6) is 5.75 Å². The average molecular weight is 478 g/mol. The zero-order chi connectivity index (χ0) is 25.2. The second-order valence-electron chi connectivity index (χ2n) is 8.94. The second-order valence-corrected chi connectivity index (χ2v) is 8.94. The molecule has 3 rings (SSSR count). The minimum absolute atomic E-state index is 0.159. The normalized spacial score (nSPS) is 11.7. The van der Waals surface area contributed by atoms with Gasteiger partial charge in [-0.1, -0.05) is 43.2 Å². The van der Waals surface area contributed by atoms with Crippen LogP contribution in [0.1, 0.15) is 55.8 Å². The molecule has 2 aromatic carbocycles. The summed E-state index contributed by atoms with van der Waals surface area (Å²) >= 11 is 0. The molecule has 1 heterocycles. The number of fused-ring (bicyclic) bond motifs is 1. The number of hydrogen-bond donors (Lipinski definition) is 3. The minimum atomic E-state index is -0.636. The van der Waals surface area contributed by atoms with Gasteiger partial charge in [-0.25, -0.2) is 0 Å². The van der Waals surface area contributed by atoms with Crippen LogP contribution in [0.2, 0.25) is 0 Å². The maximum absolute atomic E-state index is 13.0. The number of aromatic nitrogens is 1. The van der Waals surface area contributed by atoms with Gasteiger partial charge in [0.05, 0.1) is 13.5 Å². The lowest BCUT2D eigenvalue weighted by atomic mass is 10.0. The van der Waals surface area contributed by atoms with E-state index in [-0.39, 0.29) is 24.0 Å². The van der Waals surface area contributed by atoms with Gasteiger partial charge in [0.2, 0.25) is 11.8 Å². The Kier molecular flexibility index (Phi) is 9.47. The Morgan fingerprint density at radius 3 is 2.51 bits per heavy atom. The van der Waals surface area contributed by atoms with Gasteiger partial charge in [0.15, 0.2) is 0 Å². The monoisotopic (exact) mass is 477 g/mol. The van der Waals surface area contributed by atoms with Crippen molar-refractivity contribution in [3.05, 3.63) is 65.4 Å². The van der Waals surface area contributed by atoms with E-state index >= 15 is 0 Å². The average Bonchev–Trinajstić information content (AvgIpc) is 3.15. The molecule has 1 atom stereocenters. The fraction of sp³-hybridized carbons (Fsp3) is 0.393. The van der Waals surface area contributed by atoms with E-state index in [0.717, 1.165) is 52.7 Å². The van der Waals surface area contributed by atoms with Gasteiger partial charge in [-0.15, -0.1) is 0 Å². The first-order chi connectivity index (χ1) is 16.9. The summed E-state index contributed by atoms with van der Waals surface area (Å²) in [6.45, 7) is 3.92. The number of hydrogen-bond acceptors (Lipinski definition) is 4. The van der Waals surface area contributed by atoms with Gasteiger partial charge in [-0.05, 0) is 56.0 Å². The zero-order valence-corrected chi connectivity index (χ0v) is 20.8. The van der Waals surface area contributed by atoms with E-state index in [1.807, 2.05) is 55.5 Å². The van der Waals surface area contributed by atoms with Crippen LogP contribution in [0.25, 0.3) is 10.9 Å². The molecule has 0 aliphatic rings. The van der Waals surface area contributed by atoms with Crippen LogP contribution in [0.3, 0.4) is 0 Å². The highest BCUT2D eigenvalue weighted by Crippen LogP contribution is 2.26. The van der Waals surface area contributed by atoms with Crippen LogP contribution >= 0.6 is 0 Å². The Hall–Kier alpha value is -3.61.